The van der Waals surface area contributed by atoms with Gasteiger partial charge in [0.1, 0.15) is 18.1 Å². The maximum Gasteiger partial charge on any atom is 0.248 e. The number of likely N-dealkylation sites (N-methyl/N-ethyl adjacent to an activating group) is 1. The Morgan fingerprint density at radius 2 is 1.66 bits per heavy atom. The molecule has 0 amide bonds. The number of rotatable bonds is 8. The lowest BCUT2D eigenvalue weighted by Gasteiger charge is -2.12. The molecule has 0 fully saturated rings. The molecule has 4 aromatic rings. The second kappa shape index (κ2) is 13.2. The van der Waals surface area contributed by atoms with Gasteiger partial charge in [-0.2, -0.15) is 0 Å². The van der Waals surface area contributed by atoms with E-state index in [1.807, 2.05) is 74.8 Å². The van der Waals surface area contributed by atoms with Crippen LogP contribution in [0.5, 0.6) is 17.2 Å². The van der Waals surface area contributed by atoms with Crippen molar-refractivity contribution in [1.82, 2.24) is 9.88 Å². The molecule has 8 heteroatoms. The van der Waals surface area contributed by atoms with Gasteiger partial charge in [0.2, 0.25) is 6.10 Å². The van der Waals surface area contributed by atoms with E-state index in [4.69, 9.17) is 19.0 Å². The first-order chi connectivity index (χ1) is 19.5. The quantitative estimate of drug-likeness (QED) is 0.191. The number of ether oxygens (including phenoxy) is 3. The van der Waals surface area contributed by atoms with Crippen molar-refractivity contribution in [3.05, 3.63) is 77.4 Å². The summed E-state index contributed by atoms with van der Waals surface area (Å²) >= 11 is 0. The molecule has 1 aromatic heterocycles. The summed E-state index contributed by atoms with van der Waals surface area (Å²) in [7, 11) is 7.29. The van der Waals surface area contributed by atoms with Crippen LogP contribution in [0.15, 0.2) is 65.8 Å². The molecule has 0 spiro atoms. The van der Waals surface area contributed by atoms with Crippen LogP contribution in [0.25, 0.3) is 22.2 Å². The Morgan fingerprint density at radius 3 is 2.34 bits per heavy atom. The summed E-state index contributed by atoms with van der Waals surface area (Å²) in [6.45, 7) is 3.16. The molecule has 7 nitrogen and oxygen atoms in total. The summed E-state index contributed by atoms with van der Waals surface area (Å²) < 4.78 is 17.2. The van der Waals surface area contributed by atoms with E-state index in [2.05, 4.69) is 38.7 Å². The van der Waals surface area contributed by atoms with Gasteiger partial charge in [-0.05, 0) is 75.3 Å². The zero-order valence-corrected chi connectivity index (χ0v) is 24.5. The molecule has 1 aliphatic carbocycles. The molecule has 1 atom stereocenters. The van der Waals surface area contributed by atoms with E-state index in [9.17, 15) is 0 Å². The normalized spacial score (nSPS) is 12.8. The zero-order valence-electron chi connectivity index (χ0n) is 23.7. The third-order valence-electron chi connectivity index (χ3n) is 6.51. The molecule has 1 unspecified atom stereocenters. The molecule has 0 aliphatic heterocycles. The average molecular weight is 570 g/mol. The summed E-state index contributed by atoms with van der Waals surface area (Å²) in [5.74, 6) is 14.1. The Balaban J connectivity index is 0.00000387. The first-order valence-electron chi connectivity index (χ1n) is 13.0. The Morgan fingerprint density at radius 1 is 0.927 bits per heavy atom. The highest BCUT2D eigenvalue weighted by molar-refractivity contribution is 6.30. The number of nitrogens with one attached hydrogen (secondary N) is 1. The predicted octanol–water partition coefficient (Wildman–Crippen LogP) is 5.74. The lowest BCUT2D eigenvalue weighted by Crippen LogP contribution is -2.19. The number of aromatic amines is 1. The number of aromatic nitrogens is 1. The van der Waals surface area contributed by atoms with Crippen LogP contribution in [-0.4, -0.2) is 63.2 Å². The van der Waals surface area contributed by atoms with Crippen molar-refractivity contribution in [1.29, 1.82) is 0 Å². The number of benzene rings is 3. The molecule has 3 aromatic carbocycles. The van der Waals surface area contributed by atoms with Crippen LogP contribution in [-0.2, 0) is 4.84 Å². The number of hydrogen-bond acceptors (Lipinski definition) is 6. The SMILES string of the molecule is CC#CC(C#Cc1ccccc1)ON=C1c2cc(OC)c(OC)cc2-c2[nH]c3ccc(OCCN(C)C)cc3c21.Cl. The second-order valence-electron chi connectivity index (χ2n) is 9.44. The van der Waals surface area contributed by atoms with E-state index >= 15 is 0 Å². The fourth-order valence-corrected chi connectivity index (χ4v) is 4.56. The Hall–Kier alpha value is -4.56. The number of nitrogens with zero attached hydrogens (tertiary/aromatic N) is 2. The molecular formula is C33H32ClN3O4. The first kappa shape index (κ1) is 29.4. The van der Waals surface area contributed by atoms with Crippen LogP contribution >= 0.6 is 12.4 Å². The van der Waals surface area contributed by atoms with Gasteiger partial charge < -0.3 is 28.9 Å². The van der Waals surface area contributed by atoms with Crippen molar-refractivity contribution in [2.75, 3.05) is 41.5 Å². The van der Waals surface area contributed by atoms with Gasteiger partial charge in [0.25, 0.3) is 0 Å². The van der Waals surface area contributed by atoms with E-state index in [0.29, 0.717) is 23.8 Å². The minimum absolute atomic E-state index is 0. The van der Waals surface area contributed by atoms with Gasteiger partial charge in [-0.25, -0.2) is 0 Å². The Bertz CT molecular complexity index is 1690. The number of methoxy groups -OCH3 is 2. The maximum absolute atomic E-state index is 6.04. The standard InChI is InChI=1S/C33H31N3O4.ClH/c1-6-10-23(14-13-22-11-8-7-9-12-22)40-35-33-26-21-30(38-5)29(37-4)20-25(26)32-31(33)27-19-24(15-16-28(27)34-32)39-18-17-36(2)3;/h7-9,11-12,15-16,19-21,23,34H,17-18H2,1-5H3;1H. The van der Waals surface area contributed by atoms with Gasteiger partial charge in [0.15, 0.2) is 11.5 Å². The molecule has 0 radical (unpaired) electrons. The summed E-state index contributed by atoms with van der Waals surface area (Å²) in [6, 6.07) is 19.6. The van der Waals surface area contributed by atoms with Crippen LogP contribution in [0.3, 0.4) is 0 Å². The highest BCUT2D eigenvalue weighted by Gasteiger charge is 2.32. The van der Waals surface area contributed by atoms with Crippen LogP contribution < -0.4 is 14.2 Å². The molecule has 5 rings (SSSR count). The van der Waals surface area contributed by atoms with E-state index in [1.165, 1.54) is 0 Å². The zero-order chi connectivity index (χ0) is 28.1. The molecule has 0 bridgehead atoms. The van der Waals surface area contributed by atoms with Crippen molar-refractivity contribution >= 4 is 29.0 Å². The summed E-state index contributed by atoms with van der Waals surface area (Å²) in [6.07, 6.45) is -0.708. The fourth-order valence-electron chi connectivity index (χ4n) is 4.56. The van der Waals surface area contributed by atoms with E-state index in [0.717, 1.165) is 51.1 Å². The predicted molar refractivity (Wildman–Crippen MR) is 165 cm³/mol. The van der Waals surface area contributed by atoms with Crippen molar-refractivity contribution in [3.63, 3.8) is 0 Å². The highest BCUT2D eigenvalue weighted by atomic mass is 35.5. The largest absolute Gasteiger partial charge is 0.493 e. The molecular weight excluding hydrogens is 538 g/mol. The summed E-state index contributed by atoms with van der Waals surface area (Å²) in [5, 5.41) is 5.63. The number of H-pyrrole nitrogens is 1. The fraction of sp³-hybridized carbons (Fsp3) is 0.242. The lowest BCUT2D eigenvalue weighted by atomic mass is 10.1. The second-order valence-corrected chi connectivity index (χ2v) is 9.44. The van der Waals surface area contributed by atoms with E-state index < -0.39 is 6.10 Å². The monoisotopic (exact) mass is 569 g/mol. The third-order valence-corrected chi connectivity index (χ3v) is 6.51. The molecule has 210 valence electrons. The van der Waals surface area contributed by atoms with Gasteiger partial charge >= 0.3 is 0 Å². The van der Waals surface area contributed by atoms with Gasteiger partial charge in [0, 0.05) is 39.7 Å². The van der Waals surface area contributed by atoms with Crippen molar-refractivity contribution in [2.24, 2.45) is 5.16 Å². The summed E-state index contributed by atoms with van der Waals surface area (Å²) in [5.41, 5.74) is 6.14. The molecule has 1 heterocycles. The number of fused-ring (bicyclic) bond motifs is 5. The van der Waals surface area contributed by atoms with E-state index in [-0.39, 0.29) is 12.4 Å². The van der Waals surface area contributed by atoms with Crippen LogP contribution in [0.1, 0.15) is 23.6 Å². The van der Waals surface area contributed by atoms with Crippen molar-refractivity contribution in [3.8, 4) is 52.2 Å². The molecule has 1 N–H and O–H groups in total. The van der Waals surface area contributed by atoms with E-state index in [1.54, 1.807) is 21.1 Å². The lowest BCUT2D eigenvalue weighted by molar-refractivity contribution is 0.137. The van der Waals surface area contributed by atoms with Gasteiger partial charge in [-0.15, -0.1) is 18.3 Å². The molecule has 0 saturated heterocycles. The summed E-state index contributed by atoms with van der Waals surface area (Å²) in [4.78, 5) is 11.6. The minimum Gasteiger partial charge on any atom is -0.493 e. The van der Waals surface area contributed by atoms with Crippen LogP contribution in [0, 0.1) is 23.7 Å². The van der Waals surface area contributed by atoms with Crippen LogP contribution in [0.2, 0.25) is 0 Å². The molecule has 0 saturated carbocycles. The number of hydrogen-bond donors (Lipinski definition) is 1. The highest BCUT2D eigenvalue weighted by Crippen LogP contribution is 2.46. The van der Waals surface area contributed by atoms with Crippen molar-refractivity contribution in [2.45, 2.75) is 13.0 Å². The van der Waals surface area contributed by atoms with Gasteiger partial charge in [-0.3, -0.25) is 0 Å². The molecule has 1 aliphatic rings. The average Bonchev–Trinajstić information content (AvgIpc) is 3.48. The maximum atomic E-state index is 6.04. The number of halogens is 1. The Labute approximate surface area is 246 Å². The topological polar surface area (TPSA) is 68.3 Å². The Kier molecular flexibility index (Phi) is 9.47. The minimum atomic E-state index is -0.708. The smallest absolute Gasteiger partial charge is 0.248 e. The third kappa shape index (κ3) is 6.28. The molecule has 41 heavy (non-hydrogen) atoms. The van der Waals surface area contributed by atoms with Gasteiger partial charge in [0.05, 0.1) is 19.9 Å². The van der Waals surface area contributed by atoms with Crippen molar-refractivity contribution < 1.29 is 19.0 Å². The van der Waals surface area contributed by atoms with Gasteiger partial charge in [-0.1, -0.05) is 29.3 Å². The first-order valence-corrected chi connectivity index (χ1v) is 13.0. The number of oxime groups is 1. The van der Waals surface area contributed by atoms with Crippen LogP contribution in [0.4, 0.5) is 0 Å².